The molecule has 2 N–H and O–H groups in total. The average molecular weight is 747 g/mol. The van der Waals surface area contributed by atoms with E-state index < -0.39 is 0 Å². The fraction of sp³-hybridized carbons (Fsp3) is 0.120. The first-order chi connectivity index (χ1) is 17.3. The summed E-state index contributed by atoms with van der Waals surface area (Å²) >= 11 is 16.1. The van der Waals surface area contributed by atoms with Crippen LogP contribution >= 0.6 is 68.4 Å². The van der Waals surface area contributed by atoms with Gasteiger partial charge in [0.25, 0.3) is 5.91 Å². The molecule has 2 amide bonds. The average Bonchev–Trinajstić information content (AvgIpc) is 2.85. The standard InChI is InChI=1S/C25H18Cl2I2N4O3/c26-19-6-5-18(11-20(19)27)25(35)31-8-7-23(34)33-32-13-17-9-21(28)24(22(29)10-17)36-14-16-3-1-15(12-30)2-4-16/h1-6,9-11,13H,7-8,14H2,(H,31,35)(H,33,34). The number of nitriles is 1. The lowest BCUT2D eigenvalue weighted by molar-refractivity contribution is -0.120. The van der Waals surface area contributed by atoms with E-state index in [1.54, 1.807) is 24.4 Å². The molecule has 7 nitrogen and oxygen atoms in total. The molecule has 11 heteroatoms. The third-order valence-electron chi connectivity index (χ3n) is 4.71. The zero-order chi connectivity index (χ0) is 26.1. The Bertz CT molecular complexity index is 1320. The molecule has 0 aromatic heterocycles. The van der Waals surface area contributed by atoms with Crippen LogP contribution in [0.4, 0.5) is 0 Å². The molecule has 0 bridgehead atoms. The molecule has 3 rings (SSSR count). The van der Waals surface area contributed by atoms with Gasteiger partial charge in [0.2, 0.25) is 5.91 Å². The van der Waals surface area contributed by atoms with Gasteiger partial charge in [-0.3, -0.25) is 9.59 Å². The van der Waals surface area contributed by atoms with Crippen LogP contribution in [0.2, 0.25) is 10.0 Å². The van der Waals surface area contributed by atoms with Gasteiger partial charge < -0.3 is 10.1 Å². The minimum atomic E-state index is -0.351. The first-order valence-corrected chi connectivity index (χ1v) is 13.3. The molecule has 36 heavy (non-hydrogen) atoms. The van der Waals surface area contributed by atoms with Crippen molar-refractivity contribution < 1.29 is 14.3 Å². The highest BCUT2D eigenvalue weighted by Crippen LogP contribution is 2.29. The van der Waals surface area contributed by atoms with E-state index in [0.29, 0.717) is 22.8 Å². The summed E-state index contributed by atoms with van der Waals surface area (Å²) in [5.74, 6) is 0.0578. The summed E-state index contributed by atoms with van der Waals surface area (Å²) in [6.45, 7) is 0.518. The molecule has 0 unspecified atom stereocenters. The number of hydrogen-bond acceptors (Lipinski definition) is 5. The van der Waals surface area contributed by atoms with Crippen LogP contribution in [0.25, 0.3) is 0 Å². The van der Waals surface area contributed by atoms with Crippen molar-refractivity contribution in [2.75, 3.05) is 6.54 Å². The Morgan fingerprint density at radius 1 is 1.03 bits per heavy atom. The number of nitrogens with one attached hydrogen (secondary N) is 2. The fourth-order valence-electron chi connectivity index (χ4n) is 2.89. The molecule has 0 fully saturated rings. The van der Waals surface area contributed by atoms with E-state index in [2.05, 4.69) is 67.1 Å². The lowest BCUT2D eigenvalue weighted by Gasteiger charge is -2.11. The number of halogens is 4. The van der Waals surface area contributed by atoms with Crippen LogP contribution in [0.15, 0.2) is 59.7 Å². The summed E-state index contributed by atoms with van der Waals surface area (Å²) < 4.78 is 7.76. The lowest BCUT2D eigenvalue weighted by atomic mass is 10.1. The topological polar surface area (TPSA) is 104 Å². The summed E-state index contributed by atoms with van der Waals surface area (Å²) in [5, 5.41) is 16.2. The summed E-state index contributed by atoms with van der Waals surface area (Å²) in [6.07, 6.45) is 1.60. The molecule has 0 aliphatic rings. The molecule has 184 valence electrons. The molecule has 0 saturated carbocycles. The number of carbonyl (C=O) groups is 2. The Kier molecular flexibility index (Phi) is 10.8. The van der Waals surface area contributed by atoms with Crippen LogP contribution < -0.4 is 15.5 Å². The van der Waals surface area contributed by atoms with E-state index in [1.165, 1.54) is 12.1 Å². The second-order valence-corrected chi connectivity index (χ2v) is 10.5. The maximum atomic E-state index is 12.1. The molecule has 3 aromatic rings. The van der Waals surface area contributed by atoms with E-state index in [-0.39, 0.29) is 29.8 Å². The van der Waals surface area contributed by atoms with Gasteiger partial charge in [0.05, 0.1) is 35.0 Å². The highest BCUT2D eigenvalue weighted by molar-refractivity contribution is 14.1. The molecule has 0 atom stereocenters. The molecule has 0 radical (unpaired) electrons. The van der Waals surface area contributed by atoms with Gasteiger partial charge in [-0.15, -0.1) is 0 Å². The van der Waals surface area contributed by atoms with Crippen molar-refractivity contribution in [1.82, 2.24) is 10.7 Å². The van der Waals surface area contributed by atoms with Crippen molar-refractivity contribution in [3.63, 3.8) is 0 Å². The SMILES string of the molecule is N#Cc1ccc(COc2c(I)cc(C=NNC(=O)CCNC(=O)c3ccc(Cl)c(Cl)c3)cc2I)cc1. The van der Waals surface area contributed by atoms with Crippen LogP contribution in [0.3, 0.4) is 0 Å². The normalized spacial score (nSPS) is 10.6. The molecule has 0 aliphatic heterocycles. The Morgan fingerprint density at radius 3 is 2.36 bits per heavy atom. The number of hydrogen-bond donors (Lipinski definition) is 2. The largest absolute Gasteiger partial charge is 0.487 e. The molecule has 0 heterocycles. The van der Waals surface area contributed by atoms with E-state index in [4.69, 9.17) is 33.2 Å². The predicted octanol–water partition coefficient (Wildman–Crippen LogP) is 5.92. The number of carbonyl (C=O) groups excluding carboxylic acids is 2. The van der Waals surface area contributed by atoms with Crippen molar-refractivity contribution in [2.24, 2.45) is 5.10 Å². The van der Waals surface area contributed by atoms with Crippen LogP contribution in [-0.2, 0) is 11.4 Å². The second-order valence-electron chi connectivity index (χ2n) is 7.34. The Hall–Kier alpha value is -2.40. The molecule has 0 saturated heterocycles. The van der Waals surface area contributed by atoms with E-state index >= 15 is 0 Å². The predicted molar refractivity (Wildman–Crippen MR) is 157 cm³/mol. The number of hydrazone groups is 1. The zero-order valence-corrected chi connectivity index (χ0v) is 24.4. The zero-order valence-electron chi connectivity index (χ0n) is 18.5. The maximum absolute atomic E-state index is 12.1. The number of amides is 2. The van der Waals surface area contributed by atoms with Gasteiger partial charge in [-0.05, 0) is 98.8 Å². The van der Waals surface area contributed by atoms with Gasteiger partial charge in [-0.25, -0.2) is 5.43 Å². The third-order valence-corrected chi connectivity index (χ3v) is 7.05. The Balaban J connectivity index is 1.47. The van der Waals surface area contributed by atoms with Crippen molar-refractivity contribution in [1.29, 1.82) is 5.26 Å². The van der Waals surface area contributed by atoms with Crippen LogP contribution in [0.1, 0.15) is 33.5 Å². The minimum Gasteiger partial charge on any atom is -0.487 e. The van der Waals surface area contributed by atoms with Crippen LogP contribution in [-0.4, -0.2) is 24.6 Å². The summed E-state index contributed by atoms with van der Waals surface area (Å²) in [6, 6.07) is 17.7. The van der Waals surface area contributed by atoms with E-state index in [1.807, 2.05) is 24.3 Å². The smallest absolute Gasteiger partial charge is 0.251 e. The molecular formula is C25H18Cl2I2N4O3. The third kappa shape index (κ3) is 8.33. The van der Waals surface area contributed by atoms with Crippen LogP contribution in [0.5, 0.6) is 5.75 Å². The second kappa shape index (κ2) is 13.8. The molecule has 0 aliphatic carbocycles. The van der Waals surface area contributed by atoms with Crippen molar-refractivity contribution in [3.05, 3.63) is 94.0 Å². The molecule has 0 spiro atoms. The monoisotopic (exact) mass is 746 g/mol. The number of rotatable bonds is 9. The lowest BCUT2D eigenvalue weighted by Crippen LogP contribution is -2.29. The fourth-order valence-corrected chi connectivity index (χ4v) is 5.31. The highest BCUT2D eigenvalue weighted by Gasteiger charge is 2.10. The van der Waals surface area contributed by atoms with Crippen molar-refractivity contribution in [3.8, 4) is 11.8 Å². The summed E-state index contributed by atoms with van der Waals surface area (Å²) in [4.78, 5) is 24.2. The van der Waals surface area contributed by atoms with Gasteiger partial charge in [-0.1, -0.05) is 35.3 Å². The molecule has 3 aromatic carbocycles. The summed E-state index contributed by atoms with van der Waals surface area (Å²) in [5.41, 5.74) is 5.17. The first kappa shape index (κ1) is 28.2. The van der Waals surface area contributed by atoms with Gasteiger partial charge in [-0.2, -0.15) is 10.4 Å². The van der Waals surface area contributed by atoms with Gasteiger partial charge in [0.15, 0.2) is 0 Å². The summed E-state index contributed by atoms with van der Waals surface area (Å²) in [7, 11) is 0. The minimum absolute atomic E-state index is 0.0571. The molecular weight excluding hydrogens is 729 g/mol. The van der Waals surface area contributed by atoms with Crippen molar-refractivity contribution in [2.45, 2.75) is 13.0 Å². The van der Waals surface area contributed by atoms with E-state index in [9.17, 15) is 9.59 Å². The Morgan fingerprint density at radius 2 is 1.72 bits per heavy atom. The highest BCUT2D eigenvalue weighted by atomic mass is 127. The van der Waals surface area contributed by atoms with Gasteiger partial charge in [0, 0.05) is 18.5 Å². The first-order valence-electron chi connectivity index (χ1n) is 10.4. The van der Waals surface area contributed by atoms with Crippen molar-refractivity contribution >= 4 is 86.4 Å². The van der Waals surface area contributed by atoms with Crippen LogP contribution in [0, 0.1) is 18.5 Å². The van der Waals surface area contributed by atoms with Gasteiger partial charge >= 0.3 is 0 Å². The quantitative estimate of drug-likeness (QED) is 0.161. The number of nitrogens with zero attached hydrogens (tertiary/aromatic N) is 2. The maximum Gasteiger partial charge on any atom is 0.251 e. The Labute approximate surface area is 245 Å². The van der Waals surface area contributed by atoms with Gasteiger partial charge in [0.1, 0.15) is 12.4 Å². The van der Waals surface area contributed by atoms with E-state index in [0.717, 1.165) is 24.0 Å². The number of benzene rings is 3. The number of ether oxygens (including phenoxy) is 1.